The lowest BCUT2D eigenvalue weighted by atomic mass is 10.1. The predicted octanol–water partition coefficient (Wildman–Crippen LogP) is 2.26. The molecule has 0 saturated heterocycles. The summed E-state index contributed by atoms with van der Waals surface area (Å²) in [5.74, 6) is -0.160. The van der Waals surface area contributed by atoms with Crippen LogP contribution in [0.3, 0.4) is 0 Å². The molecule has 3 aromatic rings. The van der Waals surface area contributed by atoms with Crippen molar-refractivity contribution < 1.29 is 4.79 Å². The third-order valence-electron chi connectivity index (χ3n) is 4.04. The van der Waals surface area contributed by atoms with Gasteiger partial charge in [-0.15, -0.1) is 0 Å². The van der Waals surface area contributed by atoms with E-state index in [-0.39, 0.29) is 5.91 Å². The summed E-state index contributed by atoms with van der Waals surface area (Å²) in [6, 6.07) is 5.60. The van der Waals surface area contributed by atoms with Crippen molar-refractivity contribution in [3.63, 3.8) is 0 Å². The number of hydrogen-bond donors (Lipinski definition) is 2. The molecule has 1 amide bonds. The van der Waals surface area contributed by atoms with E-state index in [1.165, 1.54) is 0 Å². The molecule has 116 valence electrons. The molecule has 2 N–H and O–H groups in total. The summed E-state index contributed by atoms with van der Waals surface area (Å²) in [6.45, 7) is 0.882. The van der Waals surface area contributed by atoms with Crippen molar-refractivity contribution in [3.05, 3.63) is 48.0 Å². The molecule has 0 bridgehead atoms. The van der Waals surface area contributed by atoms with E-state index in [9.17, 15) is 4.79 Å². The lowest BCUT2D eigenvalue weighted by Gasteiger charge is -2.14. The van der Waals surface area contributed by atoms with Gasteiger partial charge in [0.25, 0.3) is 5.91 Å². The van der Waals surface area contributed by atoms with Gasteiger partial charge in [-0.1, -0.05) is 6.07 Å². The van der Waals surface area contributed by atoms with Crippen LogP contribution < -0.4 is 5.32 Å². The van der Waals surface area contributed by atoms with Gasteiger partial charge in [0.15, 0.2) is 0 Å². The molecule has 0 radical (unpaired) electrons. The van der Waals surface area contributed by atoms with E-state index in [2.05, 4.69) is 25.6 Å². The normalized spacial score (nSPS) is 13.6. The Hall–Kier alpha value is -2.96. The number of carbonyl (C=O) groups excluding carboxylic acids is 1. The summed E-state index contributed by atoms with van der Waals surface area (Å²) in [6.07, 6.45) is 8.05. The zero-order chi connectivity index (χ0) is 15.6. The maximum atomic E-state index is 12.6. The van der Waals surface area contributed by atoms with Crippen LogP contribution in [0.1, 0.15) is 28.9 Å². The van der Waals surface area contributed by atoms with Gasteiger partial charge >= 0.3 is 0 Å². The standard InChI is InChI=1S/C16H16N6O/c23-16(11-9-19-22-8-4-2-6-14(11)22)20-13-10-18-21-15(13)12-5-1-3-7-17-12/h1,3,5,7,9-10H,2,4,6,8H2,(H,18,21)(H,20,23). The fourth-order valence-electron chi connectivity index (χ4n) is 2.89. The van der Waals surface area contributed by atoms with Gasteiger partial charge in [0, 0.05) is 12.7 Å². The Kier molecular flexibility index (Phi) is 3.38. The number of rotatable bonds is 3. The Morgan fingerprint density at radius 1 is 1.26 bits per heavy atom. The van der Waals surface area contributed by atoms with Crippen molar-refractivity contribution in [3.8, 4) is 11.4 Å². The minimum atomic E-state index is -0.160. The minimum Gasteiger partial charge on any atom is -0.319 e. The summed E-state index contributed by atoms with van der Waals surface area (Å²) in [4.78, 5) is 16.9. The van der Waals surface area contributed by atoms with Gasteiger partial charge in [0.05, 0.1) is 35.0 Å². The van der Waals surface area contributed by atoms with Crippen LogP contribution in [0, 0.1) is 0 Å². The Balaban J connectivity index is 1.61. The van der Waals surface area contributed by atoms with Crippen molar-refractivity contribution in [2.45, 2.75) is 25.8 Å². The van der Waals surface area contributed by atoms with Gasteiger partial charge in [-0.05, 0) is 31.4 Å². The Bertz CT molecular complexity index is 835. The molecule has 0 aromatic carbocycles. The number of aromatic nitrogens is 5. The summed E-state index contributed by atoms with van der Waals surface area (Å²) < 4.78 is 1.92. The smallest absolute Gasteiger partial charge is 0.259 e. The SMILES string of the molecule is O=C(Nc1cn[nH]c1-c1ccccn1)c1cnn2c1CCCC2. The maximum Gasteiger partial charge on any atom is 0.259 e. The molecular weight excluding hydrogens is 292 g/mol. The number of amides is 1. The number of nitrogens with one attached hydrogen (secondary N) is 2. The maximum absolute atomic E-state index is 12.6. The lowest BCUT2D eigenvalue weighted by Crippen LogP contribution is -2.17. The van der Waals surface area contributed by atoms with Crippen LogP contribution in [0.5, 0.6) is 0 Å². The van der Waals surface area contributed by atoms with E-state index < -0.39 is 0 Å². The Labute approximate surface area is 132 Å². The van der Waals surface area contributed by atoms with Crippen LogP contribution in [0.4, 0.5) is 5.69 Å². The molecule has 4 heterocycles. The number of carbonyl (C=O) groups is 1. The molecule has 0 spiro atoms. The van der Waals surface area contributed by atoms with Gasteiger partial charge in [0.2, 0.25) is 0 Å². The Morgan fingerprint density at radius 3 is 3.09 bits per heavy atom. The molecule has 1 aliphatic heterocycles. The molecule has 0 unspecified atom stereocenters. The Morgan fingerprint density at radius 2 is 2.22 bits per heavy atom. The monoisotopic (exact) mass is 308 g/mol. The van der Waals surface area contributed by atoms with Crippen molar-refractivity contribution in [2.24, 2.45) is 0 Å². The van der Waals surface area contributed by atoms with E-state index >= 15 is 0 Å². The third-order valence-corrected chi connectivity index (χ3v) is 4.04. The van der Waals surface area contributed by atoms with Crippen LogP contribution in [-0.2, 0) is 13.0 Å². The quantitative estimate of drug-likeness (QED) is 0.776. The number of H-pyrrole nitrogens is 1. The zero-order valence-corrected chi connectivity index (χ0v) is 12.5. The van der Waals surface area contributed by atoms with Gasteiger partial charge in [-0.25, -0.2) is 0 Å². The van der Waals surface area contributed by atoms with Gasteiger partial charge in [-0.3, -0.25) is 19.6 Å². The van der Waals surface area contributed by atoms with Gasteiger partial charge in [0.1, 0.15) is 5.69 Å². The summed E-state index contributed by atoms with van der Waals surface area (Å²) in [7, 11) is 0. The average molecular weight is 308 g/mol. The highest BCUT2D eigenvalue weighted by Crippen LogP contribution is 2.25. The minimum absolute atomic E-state index is 0.160. The van der Waals surface area contributed by atoms with Crippen LogP contribution in [0.15, 0.2) is 36.8 Å². The number of aromatic amines is 1. The second kappa shape index (κ2) is 5.68. The third kappa shape index (κ3) is 2.50. The molecule has 7 heteroatoms. The van der Waals surface area contributed by atoms with Crippen LogP contribution in [0.25, 0.3) is 11.4 Å². The number of anilines is 1. The second-order valence-corrected chi connectivity index (χ2v) is 5.51. The lowest BCUT2D eigenvalue weighted by molar-refractivity contribution is 0.102. The molecule has 0 fully saturated rings. The van der Waals surface area contributed by atoms with Crippen molar-refractivity contribution >= 4 is 11.6 Å². The first-order valence-electron chi connectivity index (χ1n) is 7.64. The van der Waals surface area contributed by atoms with E-state index in [4.69, 9.17) is 0 Å². The average Bonchev–Trinajstić information content (AvgIpc) is 3.22. The van der Waals surface area contributed by atoms with Gasteiger partial charge < -0.3 is 5.32 Å². The molecule has 0 aliphatic carbocycles. The summed E-state index contributed by atoms with van der Waals surface area (Å²) in [5.41, 5.74) is 3.69. The van der Waals surface area contributed by atoms with Crippen LogP contribution in [0.2, 0.25) is 0 Å². The molecule has 0 atom stereocenters. The molecule has 1 aliphatic rings. The van der Waals surface area contributed by atoms with Crippen molar-refractivity contribution in [1.29, 1.82) is 0 Å². The number of hydrogen-bond acceptors (Lipinski definition) is 4. The molecule has 4 rings (SSSR count). The van der Waals surface area contributed by atoms with Crippen LogP contribution in [-0.4, -0.2) is 30.9 Å². The number of nitrogens with zero attached hydrogens (tertiary/aromatic N) is 4. The first-order chi connectivity index (χ1) is 11.3. The summed E-state index contributed by atoms with van der Waals surface area (Å²) in [5, 5.41) is 14.1. The predicted molar refractivity (Wildman–Crippen MR) is 84.9 cm³/mol. The molecule has 3 aromatic heterocycles. The molecule has 23 heavy (non-hydrogen) atoms. The van der Waals surface area contributed by atoms with E-state index in [0.717, 1.165) is 37.2 Å². The van der Waals surface area contributed by atoms with Crippen molar-refractivity contribution in [2.75, 3.05) is 5.32 Å². The molecule has 7 nitrogen and oxygen atoms in total. The number of pyridine rings is 1. The van der Waals surface area contributed by atoms with Crippen molar-refractivity contribution in [1.82, 2.24) is 25.0 Å². The number of fused-ring (bicyclic) bond motifs is 1. The highest BCUT2D eigenvalue weighted by molar-refractivity contribution is 6.06. The second-order valence-electron chi connectivity index (χ2n) is 5.51. The molecular formula is C16H16N6O. The fourth-order valence-corrected chi connectivity index (χ4v) is 2.89. The first kappa shape index (κ1) is 13.7. The van der Waals surface area contributed by atoms with E-state index in [1.807, 2.05) is 22.9 Å². The van der Waals surface area contributed by atoms with Gasteiger partial charge in [-0.2, -0.15) is 10.2 Å². The largest absolute Gasteiger partial charge is 0.319 e. The topological polar surface area (TPSA) is 88.5 Å². The molecule has 0 saturated carbocycles. The highest BCUT2D eigenvalue weighted by Gasteiger charge is 2.21. The zero-order valence-electron chi connectivity index (χ0n) is 12.5. The van der Waals surface area contributed by atoms with E-state index in [1.54, 1.807) is 18.6 Å². The summed E-state index contributed by atoms with van der Waals surface area (Å²) >= 11 is 0. The number of aryl methyl sites for hydroxylation is 1. The van der Waals surface area contributed by atoms with Crippen LogP contribution >= 0.6 is 0 Å². The highest BCUT2D eigenvalue weighted by atomic mass is 16.1. The first-order valence-corrected chi connectivity index (χ1v) is 7.64. The van der Waals surface area contributed by atoms with E-state index in [0.29, 0.717) is 16.9 Å². The fraction of sp³-hybridized carbons (Fsp3) is 0.250.